The average Bonchev–Trinajstić information content (AvgIpc) is 3.34. The second kappa shape index (κ2) is 61.6. The lowest BCUT2D eigenvalue weighted by atomic mass is 9.99. The molecule has 91 heavy (non-hydrogen) atoms. The number of carbonyl (C=O) groups is 4. The molecule has 0 aliphatic rings. The third-order valence-corrected chi connectivity index (χ3v) is 19.2. The second-order valence-corrected chi connectivity index (χ2v) is 30.3. The molecule has 0 fully saturated rings. The normalized spacial score (nSPS) is 14.8. The number of hydrogen-bond donors (Lipinski definition) is 3. The van der Waals surface area contributed by atoms with E-state index in [1.54, 1.807) is 0 Å². The molecule has 0 amide bonds. The van der Waals surface area contributed by atoms with Crippen molar-refractivity contribution < 1.29 is 80.2 Å². The number of rotatable bonds is 69. The van der Waals surface area contributed by atoms with Gasteiger partial charge in [-0.25, -0.2) is 9.13 Å². The minimum absolute atomic E-state index is 0.105. The molecule has 0 spiro atoms. The summed E-state index contributed by atoms with van der Waals surface area (Å²) in [5, 5.41) is 10.6. The van der Waals surface area contributed by atoms with Crippen LogP contribution in [0.15, 0.2) is 0 Å². The summed E-state index contributed by atoms with van der Waals surface area (Å²) >= 11 is 0. The zero-order chi connectivity index (χ0) is 67.5. The van der Waals surface area contributed by atoms with Crippen molar-refractivity contribution in [3.63, 3.8) is 0 Å². The summed E-state index contributed by atoms with van der Waals surface area (Å²) in [6.45, 7) is 14.2. The first-order valence-electron chi connectivity index (χ1n) is 37.3. The number of hydrogen-bond acceptors (Lipinski definition) is 15. The SMILES string of the molecule is CCC(C)CCCCCCCCCCCCC(=O)O[C@H](COC(=O)CCCCCCCCCCC(C)CC)COP(=O)(O)OCC(O)COP(=O)(O)OC[C@@H](COC(=O)CCCCCCCCCCC(C)C)OC(=O)CCCCCCCCCCCCCC(C)C. The van der Waals surface area contributed by atoms with E-state index in [1.807, 2.05) is 0 Å². The van der Waals surface area contributed by atoms with Crippen LogP contribution in [0, 0.1) is 23.7 Å². The van der Waals surface area contributed by atoms with Crippen LogP contribution in [0.1, 0.15) is 357 Å². The Labute approximate surface area is 556 Å². The Morgan fingerprint density at radius 2 is 0.527 bits per heavy atom. The summed E-state index contributed by atoms with van der Waals surface area (Å²) in [4.78, 5) is 72.7. The van der Waals surface area contributed by atoms with Gasteiger partial charge in [-0.2, -0.15) is 0 Å². The predicted octanol–water partition coefficient (Wildman–Crippen LogP) is 20.5. The molecule has 0 rings (SSSR count). The van der Waals surface area contributed by atoms with E-state index in [2.05, 4.69) is 55.4 Å². The lowest BCUT2D eigenvalue weighted by Crippen LogP contribution is -2.30. The number of unbranched alkanes of at least 4 members (excludes halogenated alkanes) is 33. The van der Waals surface area contributed by atoms with Crippen LogP contribution in [-0.2, 0) is 65.4 Å². The van der Waals surface area contributed by atoms with Gasteiger partial charge < -0.3 is 33.8 Å². The molecule has 0 saturated carbocycles. The molecule has 0 aliphatic heterocycles. The third-order valence-electron chi connectivity index (χ3n) is 17.3. The highest BCUT2D eigenvalue weighted by atomic mass is 31.2. The van der Waals surface area contributed by atoms with Crippen molar-refractivity contribution in [3.05, 3.63) is 0 Å². The Hall–Kier alpha value is -1.94. The highest BCUT2D eigenvalue weighted by Crippen LogP contribution is 2.45. The maximum atomic E-state index is 13.0. The van der Waals surface area contributed by atoms with Crippen LogP contribution in [0.4, 0.5) is 0 Å². The summed E-state index contributed by atoms with van der Waals surface area (Å²) < 4.78 is 68.4. The molecule has 3 N–H and O–H groups in total. The number of ether oxygens (including phenoxy) is 4. The van der Waals surface area contributed by atoms with Gasteiger partial charge >= 0.3 is 39.5 Å². The van der Waals surface area contributed by atoms with Gasteiger partial charge in [-0.3, -0.25) is 37.3 Å². The number of aliphatic hydroxyl groups excluding tert-OH is 1. The lowest BCUT2D eigenvalue weighted by Gasteiger charge is -2.21. The molecule has 19 heteroatoms. The average molecular weight is 1340 g/mol. The molecule has 5 unspecified atom stereocenters. The Morgan fingerprint density at radius 1 is 0.308 bits per heavy atom. The van der Waals surface area contributed by atoms with E-state index in [-0.39, 0.29) is 25.7 Å². The number of aliphatic hydroxyl groups is 1. The monoisotopic (exact) mass is 1340 g/mol. The molecular formula is C72H140O17P2. The van der Waals surface area contributed by atoms with Gasteiger partial charge in [0.2, 0.25) is 0 Å². The smallest absolute Gasteiger partial charge is 0.462 e. The van der Waals surface area contributed by atoms with Gasteiger partial charge in [0.05, 0.1) is 26.4 Å². The van der Waals surface area contributed by atoms with Crippen LogP contribution in [0.25, 0.3) is 0 Å². The maximum Gasteiger partial charge on any atom is 0.472 e. The van der Waals surface area contributed by atoms with Gasteiger partial charge in [0, 0.05) is 25.7 Å². The molecular weight excluding hydrogens is 1200 g/mol. The molecule has 0 aliphatic carbocycles. The van der Waals surface area contributed by atoms with Gasteiger partial charge in [-0.15, -0.1) is 0 Å². The third kappa shape index (κ3) is 63.9. The summed E-state index contributed by atoms with van der Waals surface area (Å²) in [6.07, 6.45) is 44.3. The Kier molecular flexibility index (Phi) is 60.3. The van der Waals surface area contributed by atoms with E-state index >= 15 is 0 Å². The molecule has 540 valence electrons. The van der Waals surface area contributed by atoms with Crippen molar-refractivity contribution in [2.45, 2.75) is 375 Å². The van der Waals surface area contributed by atoms with Crippen LogP contribution in [-0.4, -0.2) is 96.7 Å². The number of phosphoric acid groups is 2. The molecule has 7 atom stereocenters. The Morgan fingerprint density at radius 3 is 0.780 bits per heavy atom. The van der Waals surface area contributed by atoms with Crippen LogP contribution >= 0.6 is 15.6 Å². The lowest BCUT2D eigenvalue weighted by molar-refractivity contribution is -0.161. The maximum absolute atomic E-state index is 13.0. The summed E-state index contributed by atoms with van der Waals surface area (Å²) in [6, 6.07) is 0. The Balaban J connectivity index is 5.28. The number of esters is 4. The van der Waals surface area contributed by atoms with E-state index < -0.39 is 97.5 Å². The van der Waals surface area contributed by atoms with Gasteiger partial charge in [0.15, 0.2) is 12.2 Å². The minimum atomic E-state index is -4.95. The molecule has 0 heterocycles. The van der Waals surface area contributed by atoms with Crippen molar-refractivity contribution in [3.8, 4) is 0 Å². The van der Waals surface area contributed by atoms with E-state index in [0.717, 1.165) is 114 Å². The molecule has 0 aromatic carbocycles. The van der Waals surface area contributed by atoms with Gasteiger partial charge in [-0.1, -0.05) is 306 Å². The van der Waals surface area contributed by atoms with E-state index in [4.69, 9.17) is 37.0 Å². The van der Waals surface area contributed by atoms with E-state index in [1.165, 1.54) is 161 Å². The highest BCUT2D eigenvalue weighted by molar-refractivity contribution is 7.47. The zero-order valence-electron chi connectivity index (χ0n) is 59.5. The fourth-order valence-electron chi connectivity index (χ4n) is 10.8. The molecule has 0 aromatic rings. The predicted molar refractivity (Wildman–Crippen MR) is 367 cm³/mol. The topological polar surface area (TPSA) is 237 Å². The molecule has 17 nitrogen and oxygen atoms in total. The molecule has 0 aromatic heterocycles. The highest BCUT2D eigenvalue weighted by Gasteiger charge is 2.30. The Bertz CT molecular complexity index is 1800. The number of carbonyl (C=O) groups excluding carboxylic acids is 4. The van der Waals surface area contributed by atoms with Gasteiger partial charge in [-0.05, 0) is 49.4 Å². The first-order valence-corrected chi connectivity index (χ1v) is 40.3. The van der Waals surface area contributed by atoms with Crippen molar-refractivity contribution >= 4 is 39.5 Å². The molecule has 0 saturated heterocycles. The summed E-state index contributed by atoms with van der Waals surface area (Å²) in [5.74, 6) is 0.945. The van der Waals surface area contributed by atoms with Gasteiger partial charge in [0.25, 0.3) is 0 Å². The molecule has 0 bridgehead atoms. The first-order chi connectivity index (χ1) is 43.7. The standard InChI is InChI=1S/C72H140O17P2/c1-9-64(7)50-42-34-26-17-14-15-19-31-39-47-55-72(77)89-68(59-83-70(75)53-45-37-29-23-21-27-35-43-51-65(8)10-2)61-87-91(80,81)85-57-66(73)56-84-90(78,79)86-60-67(58-82-69(74)52-44-36-28-22-20-25-33-41-49-63(5)6)88-71(76)54-46-38-30-18-13-11-12-16-24-32-40-48-62(3)4/h62-68,73H,9-61H2,1-8H3,(H,78,79)(H,80,81)/t64?,65?,66?,67-,68-/m1/s1. The minimum Gasteiger partial charge on any atom is -0.462 e. The van der Waals surface area contributed by atoms with Crippen molar-refractivity contribution in [1.29, 1.82) is 0 Å². The number of phosphoric ester groups is 2. The zero-order valence-corrected chi connectivity index (χ0v) is 61.3. The summed E-state index contributed by atoms with van der Waals surface area (Å²) in [5.41, 5.74) is 0. The van der Waals surface area contributed by atoms with Crippen LogP contribution in [0.2, 0.25) is 0 Å². The van der Waals surface area contributed by atoms with Gasteiger partial charge in [0.1, 0.15) is 19.3 Å². The fraction of sp³-hybridized carbons (Fsp3) is 0.944. The van der Waals surface area contributed by atoms with Crippen molar-refractivity contribution in [2.24, 2.45) is 23.7 Å². The van der Waals surface area contributed by atoms with Crippen molar-refractivity contribution in [1.82, 2.24) is 0 Å². The van der Waals surface area contributed by atoms with Crippen molar-refractivity contribution in [2.75, 3.05) is 39.6 Å². The van der Waals surface area contributed by atoms with E-state index in [0.29, 0.717) is 25.7 Å². The van der Waals surface area contributed by atoms with Crippen LogP contribution < -0.4 is 0 Å². The van der Waals surface area contributed by atoms with Crippen LogP contribution in [0.5, 0.6) is 0 Å². The fourth-order valence-corrected chi connectivity index (χ4v) is 12.4. The summed E-state index contributed by atoms with van der Waals surface area (Å²) in [7, 11) is -9.91. The molecule has 0 radical (unpaired) electrons. The quantitative estimate of drug-likeness (QED) is 0.0222. The van der Waals surface area contributed by atoms with E-state index in [9.17, 15) is 43.2 Å². The largest absolute Gasteiger partial charge is 0.472 e. The second-order valence-electron chi connectivity index (χ2n) is 27.4. The first kappa shape index (κ1) is 89.1. The van der Waals surface area contributed by atoms with Crippen LogP contribution in [0.3, 0.4) is 0 Å².